The predicted molar refractivity (Wildman–Crippen MR) is 281 cm³/mol. The molecule has 3 aliphatic heterocycles. The van der Waals surface area contributed by atoms with E-state index in [1.54, 1.807) is 24.3 Å². The van der Waals surface area contributed by atoms with Crippen LogP contribution in [0.4, 0.5) is 11.4 Å². The number of benzene rings is 8. The van der Waals surface area contributed by atoms with Crippen molar-refractivity contribution in [2.24, 2.45) is 20.9 Å². The fourth-order valence-corrected chi connectivity index (χ4v) is 9.63. The third kappa shape index (κ3) is 11.3. The summed E-state index contributed by atoms with van der Waals surface area (Å²) in [7, 11) is 0. The average Bonchev–Trinajstić information content (AvgIpc) is 4.22. The number of rotatable bonds is 10. The molecule has 10 nitrogen and oxygen atoms in total. The Balaban J connectivity index is 0.000000132. The van der Waals surface area contributed by atoms with Gasteiger partial charge in [-0.3, -0.25) is 35.2 Å². The third-order valence-electron chi connectivity index (χ3n) is 13.2. The zero-order chi connectivity index (χ0) is 48.9. The maximum absolute atomic E-state index is 10.9. The van der Waals surface area contributed by atoms with Crippen LogP contribution in [0.15, 0.2) is 245 Å². The second kappa shape index (κ2) is 22.4. The molecule has 0 aromatic heterocycles. The van der Waals surface area contributed by atoms with E-state index in [-0.39, 0.29) is 46.3 Å². The smallest absolute Gasteiger partial charge is 0.269 e. The number of hydrogen-bond donors (Lipinski definition) is 0. The summed E-state index contributed by atoms with van der Waals surface area (Å²) >= 11 is 0. The summed E-state index contributed by atoms with van der Waals surface area (Å²) in [5.41, 5.74) is 12.5. The van der Waals surface area contributed by atoms with Crippen molar-refractivity contribution in [3.63, 3.8) is 0 Å². The van der Waals surface area contributed by atoms with Crippen molar-refractivity contribution >= 4 is 28.5 Å². The van der Waals surface area contributed by atoms with Gasteiger partial charge in [-0.05, 0) is 57.3 Å². The molecule has 8 aromatic rings. The molecule has 6 atom stereocenters. The topological polar surface area (TPSA) is 147 Å². The summed E-state index contributed by atoms with van der Waals surface area (Å²) in [6.07, 6.45) is 2.45. The molecule has 11 rings (SSSR count). The van der Waals surface area contributed by atoms with Gasteiger partial charge in [0.1, 0.15) is 0 Å². The summed E-state index contributed by atoms with van der Waals surface area (Å²) in [6, 6.07) is 77.6. The summed E-state index contributed by atoms with van der Waals surface area (Å²) in [5, 5.41) is 31.0. The second-order valence-corrected chi connectivity index (χ2v) is 17.7. The van der Waals surface area contributed by atoms with E-state index in [0.717, 1.165) is 46.5 Å². The molecule has 348 valence electrons. The van der Waals surface area contributed by atoms with Crippen LogP contribution in [0.3, 0.4) is 0 Å². The zero-order valence-electron chi connectivity index (χ0n) is 38.8. The molecule has 0 bridgehead atoms. The number of nitro groups is 2. The lowest BCUT2D eigenvalue weighted by Crippen LogP contribution is -2.06. The zero-order valence-corrected chi connectivity index (χ0v) is 38.8. The molecular formula is C61H50N6O4. The van der Waals surface area contributed by atoms with Crippen LogP contribution >= 0.6 is 0 Å². The number of aliphatic imine (C=N–C) groups is 3. The van der Waals surface area contributed by atoms with Crippen LogP contribution < -0.4 is 0 Å². The molecule has 0 saturated heterocycles. The van der Waals surface area contributed by atoms with Crippen LogP contribution in [0.5, 0.6) is 0 Å². The van der Waals surface area contributed by atoms with Gasteiger partial charge in [0.2, 0.25) is 0 Å². The van der Waals surface area contributed by atoms with Crippen molar-refractivity contribution in [3.8, 4) is 6.07 Å². The molecular weight excluding hydrogens is 881 g/mol. The molecule has 8 aromatic carbocycles. The predicted octanol–water partition coefficient (Wildman–Crippen LogP) is 14.4. The molecule has 0 aliphatic carbocycles. The van der Waals surface area contributed by atoms with Crippen molar-refractivity contribution in [2.75, 3.05) is 0 Å². The maximum Gasteiger partial charge on any atom is 0.269 e. The highest BCUT2D eigenvalue weighted by atomic mass is 16.6. The van der Waals surface area contributed by atoms with Crippen LogP contribution in [0.1, 0.15) is 93.7 Å². The first-order chi connectivity index (χ1) is 34.8. The van der Waals surface area contributed by atoms with Crippen LogP contribution in [0, 0.1) is 37.5 Å². The number of nitrogens with zero attached hydrogens (tertiary/aromatic N) is 6. The SMILES string of the molecule is N#CC1CC(c2ccccc2)=NC1c1ccc([N+](=O)[O-])cc1.O=[N+]([O-])c1ccc(C2N=C(c3ccccc3)CC2c2ccccc2)cc1.c1ccc(C2=NC(c3ccccc3)C(c3ccccc3)C2)cc1. The van der Waals surface area contributed by atoms with Gasteiger partial charge in [-0.15, -0.1) is 0 Å². The van der Waals surface area contributed by atoms with Gasteiger partial charge in [-0.25, -0.2) is 0 Å². The van der Waals surface area contributed by atoms with Crippen molar-refractivity contribution < 1.29 is 9.85 Å². The maximum atomic E-state index is 10.9. The van der Waals surface area contributed by atoms with Crippen molar-refractivity contribution in [1.82, 2.24) is 0 Å². The summed E-state index contributed by atoms with van der Waals surface area (Å²) < 4.78 is 0. The van der Waals surface area contributed by atoms with E-state index in [9.17, 15) is 25.5 Å². The van der Waals surface area contributed by atoms with Gasteiger partial charge in [-0.2, -0.15) is 5.26 Å². The van der Waals surface area contributed by atoms with Crippen molar-refractivity contribution in [1.29, 1.82) is 5.26 Å². The number of non-ortho nitro benzene ring substituents is 2. The first-order valence-electron chi connectivity index (χ1n) is 23.7. The van der Waals surface area contributed by atoms with Gasteiger partial charge in [0, 0.05) is 59.7 Å². The molecule has 0 spiro atoms. The Hall–Kier alpha value is -8.94. The fraction of sp³-hybridized carbons (Fsp3) is 0.148. The summed E-state index contributed by atoms with van der Waals surface area (Å²) in [6.45, 7) is 0. The van der Waals surface area contributed by atoms with Gasteiger partial charge in [0.05, 0.1) is 40.0 Å². The number of hydrogen-bond acceptors (Lipinski definition) is 8. The fourth-order valence-electron chi connectivity index (χ4n) is 9.63. The Morgan fingerprint density at radius 3 is 0.986 bits per heavy atom. The van der Waals surface area contributed by atoms with Crippen LogP contribution in [-0.2, 0) is 0 Å². The van der Waals surface area contributed by atoms with Gasteiger partial charge in [-0.1, -0.05) is 206 Å². The van der Waals surface area contributed by atoms with E-state index in [0.29, 0.717) is 12.3 Å². The monoisotopic (exact) mass is 930 g/mol. The van der Waals surface area contributed by atoms with Crippen molar-refractivity contribution in [2.45, 2.75) is 49.2 Å². The van der Waals surface area contributed by atoms with E-state index in [1.807, 2.05) is 78.9 Å². The molecule has 71 heavy (non-hydrogen) atoms. The Bertz CT molecular complexity index is 3180. The van der Waals surface area contributed by atoms with Gasteiger partial charge in [0.15, 0.2) is 0 Å². The van der Waals surface area contributed by atoms with E-state index >= 15 is 0 Å². The molecule has 0 radical (unpaired) electrons. The quantitative estimate of drug-likeness (QED) is 0.0989. The van der Waals surface area contributed by atoms with Crippen molar-refractivity contribution in [3.05, 3.63) is 295 Å². The number of nitriles is 1. The molecule has 6 unspecified atom stereocenters. The Morgan fingerprint density at radius 1 is 0.366 bits per heavy atom. The normalized spacial score (nSPS) is 19.8. The van der Waals surface area contributed by atoms with E-state index in [2.05, 4.69) is 126 Å². The first kappa shape index (κ1) is 47.1. The molecule has 10 heteroatoms. The molecule has 3 aliphatic rings. The number of nitro benzene ring substituents is 2. The molecule has 0 N–H and O–H groups in total. The molecule has 0 saturated carbocycles. The molecule has 0 fully saturated rings. The Morgan fingerprint density at radius 2 is 0.648 bits per heavy atom. The highest BCUT2D eigenvalue weighted by Gasteiger charge is 2.34. The van der Waals surface area contributed by atoms with Gasteiger partial charge < -0.3 is 0 Å². The van der Waals surface area contributed by atoms with Crippen LogP contribution in [0.2, 0.25) is 0 Å². The highest BCUT2D eigenvalue weighted by Crippen LogP contribution is 2.45. The first-order valence-corrected chi connectivity index (χ1v) is 23.7. The molecule has 0 amide bonds. The standard InChI is InChI=1S/C22H18N2O2.C22H19N.C17H13N3O2/c25-24(26)19-13-11-18(12-14-19)22-20(16-7-3-1-4-8-16)15-21(23-22)17-9-5-2-6-10-17;1-4-10-17(11-5-1)20-16-21(18-12-6-2-7-13-18)23-22(20)19-14-8-3-9-15-19;18-11-14-10-16(12-4-2-1-3-5-12)19-17(14)13-6-8-15(9-7-13)20(21)22/h1-14,20,22H,15H2;1-15,20,22H,16H2;1-9,14,17H,10H2. The average molecular weight is 931 g/mol. The minimum Gasteiger partial charge on any atom is -0.280 e. The third-order valence-corrected chi connectivity index (χ3v) is 13.2. The summed E-state index contributed by atoms with van der Waals surface area (Å²) in [5.74, 6) is 0.401. The van der Waals surface area contributed by atoms with E-state index in [4.69, 9.17) is 9.98 Å². The summed E-state index contributed by atoms with van der Waals surface area (Å²) in [4.78, 5) is 35.6. The minimum absolute atomic E-state index is 0.0339. The van der Waals surface area contributed by atoms with Crippen LogP contribution in [0.25, 0.3) is 0 Å². The van der Waals surface area contributed by atoms with E-state index < -0.39 is 4.92 Å². The lowest BCUT2D eigenvalue weighted by molar-refractivity contribution is -0.385. The Kier molecular flexibility index (Phi) is 14.9. The largest absolute Gasteiger partial charge is 0.280 e. The lowest BCUT2D eigenvalue weighted by atomic mass is 9.86. The van der Waals surface area contributed by atoms with E-state index in [1.165, 1.54) is 40.1 Å². The van der Waals surface area contributed by atoms with Gasteiger partial charge >= 0.3 is 0 Å². The van der Waals surface area contributed by atoms with Crippen LogP contribution in [-0.4, -0.2) is 27.0 Å². The minimum atomic E-state index is -0.432. The molecule has 3 heterocycles. The lowest BCUT2D eigenvalue weighted by Gasteiger charge is -2.18. The highest BCUT2D eigenvalue weighted by molar-refractivity contribution is 6.03. The van der Waals surface area contributed by atoms with Gasteiger partial charge in [0.25, 0.3) is 11.4 Å². The Labute approximate surface area is 413 Å². The second-order valence-electron chi connectivity index (χ2n) is 17.7.